The first-order valence-corrected chi connectivity index (χ1v) is 17.4. The maximum Gasteiger partial charge on any atom is 0.225 e. The van der Waals surface area contributed by atoms with E-state index in [2.05, 4.69) is 64.3 Å². The largest absolute Gasteiger partial charge is 0.317 e. The van der Waals surface area contributed by atoms with Gasteiger partial charge >= 0.3 is 0 Å². The normalized spacial score (nSPS) is 18.5. The lowest BCUT2D eigenvalue weighted by molar-refractivity contribution is -0.116. The van der Waals surface area contributed by atoms with E-state index in [1.54, 1.807) is 34.4 Å². The van der Waals surface area contributed by atoms with E-state index in [1.165, 1.54) is 9.75 Å². The number of thioether (sulfide) groups is 1. The molecule has 0 aliphatic heterocycles. The summed E-state index contributed by atoms with van der Waals surface area (Å²) in [5.74, 6) is 2.16. The second kappa shape index (κ2) is 12.9. The molecule has 2 heterocycles. The van der Waals surface area contributed by atoms with Crippen LogP contribution in [0.1, 0.15) is 99.2 Å². The number of fused-ring (bicyclic) bond motifs is 2. The van der Waals surface area contributed by atoms with Crippen molar-refractivity contribution >= 4 is 56.3 Å². The maximum absolute atomic E-state index is 12.7. The lowest BCUT2D eigenvalue weighted by Crippen LogP contribution is -2.26. The van der Waals surface area contributed by atoms with Gasteiger partial charge in [0.05, 0.1) is 11.1 Å². The van der Waals surface area contributed by atoms with Crippen molar-refractivity contribution in [2.75, 3.05) is 22.1 Å². The molecule has 220 valence electrons. The summed E-state index contributed by atoms with van der Waals surface area (Å²) in [6.07, 6.45) is 6.52. The van der Waals surface area contributed by atoms with E-state index in [9.17, 15) is 20.1 Å². The zero-order chi connectivity index (χ0) is 29.9. The van der Waals surface area contributed by atoms with Gasteiger partial charge in [-0.25, -0.2) is 0 Å². The predicted molar refractivity (Wildman–Crippen MR) is 172 cm³/mol. The number of anilines is 2. The summed E-state index contributed by atoms with van der Waals surface area (Å²) in [7, 11) is 0. The lowest BCUT2D eigenvalue weighted by Gasteiger charge is -2.33. The molecule has 0 saturated heterocycles. The van der Waals surface area contributed by atoms with Crippen molar-refractivity contribution in [1.82, 2.24) is 0 Å². The molecule has 41 heavy (non-hydrogen) atoms. The average Bonchev–Trinajstić information content (AvgIpc) is 3.42. The molecule has 0 radical (unpaired) electrons. The van der Waals surface area contributed by atoms with Gasteiger partial charge in [-0.2, -0.15) is 22.3 Å². The van der Waals surface area contributed by atoms with Crippen LogP contribution >= 0.6 is 34.4 Å². The second-order valence-corrected chi connectivity index (χ2v) is 16.9. The fraction of sp³-hybridized carbons (Fsp3) is 0.625. The van der Waals surface area contributed by atoms with E-state index >= 15 is 0 Å². The molecule has 9 heteroatoms. The van der Waals surface area contributed by atoms with Gasteiger partial charge in [0.1, 0.15) is 22.1 Å². The van der Waals surface area contributed by atoms with Gasteiger partial charge in [-0.1, -0.05) is 41.5 Å². The third kappa shape index (κ3) is 7.55. The third-order valence-electron chi connectivity index (χ3n) is 8.66. The molecule has 2 aromatic heterocycles. The number of hydrogen-bond acceptors (Lipinski definition) is 7. The average molecular weight is 611 g/mol. The molecule has 2 amide bonds. The summed E-state index contributed by atoms with van der Waals surface area (Å²) in [6.45, 7) is 13.6. The Balaban J connectivity index is 1.22. The molecule has 4 rings (SSSR count). The fourth-order valence-corrected chi connectivity index (χ4v) is 9.32. The molecule has 2 unspecified atom stereocenters. The molecule has 0 fully saturated rings. The number of hydrogen-bond donors (Lipinski definition) is 2. The number of nitriles is 2. The Labute approximate surface area is 257 Å². The number of thiophene rings is 2. The highest BCUT2D eigenvalue weighted by atomic mass is 32.2. The molecule has 6 nitrogen and oxygen atoms in total. The molecular formula is C32H42N4O2S3. The van der Waals surface area contributed by atoms with E-state index < -0.39 is 0 Å². The minimum Gasteiger partial charge on any atom is -0.317 e. The number of nitrogens with one attached hydrogen (secondary N) is 2. The molecule has 2 atom stereocenters. The highest BCUT2D eigenvalue weighted by Gasteiger charge is 2.33. The number of carbonyl (C=O) groups is 2. The number of nitrogens with zero attached hydrogens (tertiary/aromatic N) is 2. The molecule has 2 aromatic rings. The summed E-state index contributed by atoms with van der Waals surface area (Å²) in [4.78, 5) is 27.8. The van der Waals surface area contributed by atoms with E-state index in [1.807, 2.05) is 0 Å². The first kappa shape index (κ1) is 31.6. The standard InChI is InChI=1S/C32H42N4O2S3/c1-31(2,3)19-7-9-21-23(17-33)29(40-25(21)15-19)35-27(37)11-13-39-14-12-28(38)36-30-24(18-34)22-10-8-20(32(4,5)6)16-26(22)41-30/h19-20H,7-16H2,1-6H3,(H,35,37)(H,36,38). The van der Waals surface area contributed by atoms with Crippen LogP contribution < -0.4 is 10.6 Å². The van der Waals surface area contributed by atoms with Gasteiger partial charge in [0.25, 0.3) is 0 Å². The molecule has 0 saturated carbocycles. The Bertz CT molecular complexity index is 1270. The van der Waals surface area contributed by atoms with Crippen molar-refractivity contribution in [1.29, 1.82) is 10.5 Å². The molecule has 2 N–H and O–H groups in total. The van der Waals surface area contributed by atoms with Crippen molar-refractivity contribution in [2.45, 2.75) is 92.9 Å². The van der Waals surface area contributed by atoms with Gasteiger partial charge in [-0.05, 0) is 72.3 Å². The summed E-state index contributed by atoms with van der Waals surface area (Å²) < 4.78 is 0. The lowest BCUT2D eigenvalue weighted by atomic mass is 9.72. The molecule has 0 aromatic carbocycles. The third-order valence-corrected chi connectivity index (χ3v) is 12.0. The quantitative estimate of drug-likeness (QED) is 0.295. The first-order chi connectivity index (χ1) is 19.3. The zero-order valence-corrected chi connectivity index (χ0v) is 27.6. The summed E-state index contributed by atoms with van der Waals surface area (Å²) in [5.41, 5.74) is 3.96. The van der Waals surface area contributed by atoms with Crippen LogP contribution in [-0.2, 0) is 35.3 Å². The van der Waals surface area contributed by atoms with E-state index in [4.69, 9.17) is 0 Å². The van der Waals surface area contributed by atoms with Crippen LogP contribution in [0.25, 0.3) is 0 Å². The van der Waals surface area contributed by atoms with Crippen LogP contribution in [0.4, 0.5) is 10.0 Å². The van der Waals surface area contributed by atoms with Crippen molar-refractivity contribution in [3.8, 4) is 12.1 Å². The predicted octanol–water partition coefficient (Wildman–Crippen LogP) is 7.95. The minimum atomic E-state index is -0.0965. The van der Waals surface area contributed by atoms with Gasteiger partial charge in [0, 0.05) is 34.1 Å². The summed E-state index contributed by atoms with van der Waals surface area (Å²) >= 11 is 4.69. The Morgan fingerprint density at radius 2 is 1.17 bits per heavy atom. The van der Waals surface area contributed by atoms with Gasteiger partial charge in [0.15, 0.2) is 0 Å². The van der Waals surface area contributed by atoms with Gasteiger partial charge in [0.2, 0.25) is 11.8 Å². The highest BCUT2D eigenvalue weighted by molar-refractivity contribution is 7.99. The Morgan fingerprint density at radius 3 is 1.51 bits per heavy atom. The zero-order valence-electron chi connectivity index (χ0n) is 25.2. The van der Waals surface area contributed by atoms with Crippen LogP contribution in [0.5, 0.6) is 0 Å². The highest BCUT2D eigenvalue weighted by Crippen LogP contribution is 2.45. The van der Waals surface area contributed by atoms with Gasteiger partial charge < -0.3 is 10.6 Å². The Hall–Kier alpha value is -2.33. The topological polar surface area (TPSA) is 106 Å². The van der Waals surface area contributed by atoms with Gasteiger partial charge in [-0.15, -0.1) is 22.7 Å². The Kier molecular flexibility index (Phi) is 9.94. The molecular weight excluding hydrogens is 569 g/mol. The molecule has 2 aliphatic carbocycles. The SMILES string of the molecule is CC(C)(C)C1CCc2c(sc(NC(=O)CCSCCC(=O)Nc3sc4c(c3C#N)CCC(C(C)(C)C)C4)c2C#N)C1. The fourth-order valence-electron chi connectivity index (χ4n) is 5.87. The van der Waals surface area contributed by atoms with Crippen LogP contribution in [0.2, 0.25) is 0 Å². The smallest absolute Gasteiger partial charge is 0.225 e. The van der Waals surface area contributed by atoms with Crippen LogP contribution in [0.3, 0.4) is 0 Å². The first-order valence-electron chi connectivity index (χ1n) is 14.6. The molecule has 0 bridgehead atoms. The van der Waals surface area contributed by atoms with Crippen molar-refractivity contribution < 1.29 is 9.59 Å². The van der Waals surface area contributed by atoms with Crippen molar-refractivity contribution in [2.24, 2.45) is 22.7 Å². The number of rotatable bonds is 8. The van der Waals surface area contributed by atoms with Crippen molar-refractivity contribution in [3.05, 3.63) is 32.0 Å². The van der Waals surface area contributed by atoms with Crippen LogP contribution in [0, 0.1) is 45.3 Å². The van der Waals surface area contributed by atoms with Crippen LogP contribution in [-0.4, -0.2) is 23.3 Å². The van der Waals surface area contributed by atoms with E-state index in [0.29, 0.717) is 57.3 Å². The van der Waals surface area contributed by atoms with E-state index in [0.717, 1.165) is 49.7 Å². The second-order valence-electron chi connectivity index (χ2n) is 13.5. The monoisotopic (exact) mass is 610 g/mol. The van der Waals surface area contributed by atoms with E-state index in [-0.39, 0.29) is 22.6 Å². The van der Waals surface area contributed by atoms with Crippen LogP contribution in [0.15, 0.2) is 0 Å². The van der Waals surface area contributed by atoms with Crippen molar-refractivity contribution in [3.63, 3.8) is 0 Å². The minimum absolute atomic E-state index is 0.0965. The summed E-state index contributed by atoms with van der Waals surface area (Å²) in [5, 5.41) is 26.9. The Morgan fingerprint density at radius 1 is 0.780 bits per heavy atom. The molecule has 0 spiro atoms. The number of carbonyl (C=O) groups excluding carboxylic acids is 2. The number of amides is 2. The maximum atomic E-state index is 12.7. The molecule has 2 aliphatic rings. The summed E-state index contributed by atoms with van der Waals surface area (Å²) in [6, 6.07) is 4.66. The van der Waals surface area contributed by atoms with Gasteiger partial charge in [-0.3, -0.25) is 9.59 Å².